The monoisotopic (exact) mass is 547 g/mol. The summed E-state index contributed by atoms with van der Waals surface area (Å²) in [6.45, 7) is 5.04. The second-order valence-corrected chi connectivity index (χ2v) is 8.48. The van der Waals surface area contributed by atoms with Crippen LogP contribution in [0.2, 0.25) is 0 Å². The number of esters is 3. The molecule has 15 nitrogen and oxygen atoms in total. The molecule has 1 rings (SSSR count). The van der Waals surface area contributed by atoms with Crippen LogP contribution in [-0.2, 0) is 47.7 Å². The van der Waals surface area contributed by atoms with E-state index in [9.17, 15) is 28.8 Å². The van der Waals surface area contributed by atoms with Crippen molar-refractivity contribution in [1.82, 2.24) is 16.0 Å². The number of nitrogens with one attached hydrogen (secondary N) is 3. The van der Waals surface area contributed by atoms with Gasteiger partial charge in [-0.1, -0.05) is 0 Å². The molecular weight excluding hydrogens is 510 g/mol. The summed E-state index contributed by atoms with van der Waals surface area (Å²) in [5.41, 5.74) is 0. The third kappa shape index (κ3) is 13.2. The summed E-state index contributed by atoms with van der Waals surface area (Å²) in [6.07, 6.45) is -4.22. The molecule has 5 atom stereocenters. The average molecular weight is 548 g/mol. The first-order valence-electron chi connectivity index (χ1n) is 12.2. The zero-order valence-electron chi connectivity index (χ0n) is 22.0. The Morgan fingerprint density at radius 3 is 2.03 bits per heavy atom. The van der Waals surface area contributed by atoms with E-state index < -0.39 is 60.6 Å². The van der Waals surface area contributed by atoms with Gasteiger partial charge in [0.05, 0.1) is 0 Å². The molecular formula is C23H37N3O12. The fourth-order valence-corrected chi connectivity index (χ4v) is 3.62. The highest BCUT2D eigenvalue weighted by Crippen LogP contribution is 2.28. The number of carboxylic acid groups (broad SMARTS) is 1. The Kier molecular flexibility index (Phi) is 14.7. The lowest BCUT2D eigenvalue weighted by Crippen LogP contribution is -2.66. The van der Waals surface area contributed by atoms with Crippen LogP contribution in [0.4, 0.5) is 4.79 Å². The van der Waals surface area contributed by atoms with Crippen molar-refractivity contribution < 1.29 is 57.6 Å². The zero-order valence-corrected chi connectivity index (χ0v) is 22.0. The SMILES string of the molecule is CC(=O)N[C@H]1[C@H](OCCCCC(=O)NCCCNC(=O)O)O[C@H](COC(C)=O)[C@H](OC(C)=O)[C@@H]1OC(C)=O. The maximum atomic E-state index is 11.9. The highest BCUT2D eigenvalue weighted by Gasteiger charge is 2.51. The molecule has 3 amide bonds. The van der Waals surface area contributed by atoms with Crippen molar-refractivity contribution in [1.29, 1.82) is 0 Å². The van der Waals surface area contributed by atoms with Crippen LogP contribution >= 0.6 is 0 Å². The Balaban J connectivity index is 2.78. The fourth-order valence-electron chi connectivity index (χ4n) is 3.62. The molecule has 0 saturated carbocycles. The summed E-state index contributed by atoms with van der Waals surface area (Å²) in [4.78, 5) is 69.2. The summed E-state index contributed by atoms with van der Waals surface area (Å²) in [5, 5.41) is 16.0. The minimum atomic E-state index is -1.21. The Hall–Kier alpha value is -3.46. The predicted octanol–water partition coefficient (Wildman–Crippen LogP) is -0.397. The number of amides is 3. The molecule has 0 aromatic rings. The smallest absolute Gasteiger partial charge is 0.404 e. The maximum absolute atomic E-state index is 11.9. The van der Waals surface area contributed by atoms with Crippen molar-refractivity contribution in [3.63, 3.8) is 0 Å². The molecule has 1 aliphatic rings. The number of carbonyl (C=O) groups excluding carboxylic acids is 5. The third-order valence-electron chi connectivity index (χ3n) is 5.10. The standard InChI is InChI=1S/C23H37N3O12/c1-13(27)26-19-21(37-16(4)30)20(36-15(3)29)17(12-35-14(2)28)38-22(19)34-11-6-5-8-18(31)24-9-7-10-25-23(32)33/h17,19-22,25H,5-12H2,1-4H3,(H,24,31)(H,26,27)(H,32,33)/t17-,19-,20+,21-,22-/m1/s1. The van der Waals surface area contributed by atoms with E-state index in [1.165, 1.54) is 13.8 Å². The zero-order chi connectivity index (χ0) is 28.7. The van der Waals surface area contributed by atoms with Crippen molar-refractivity contribution in [3.8, 4) is 0 Å². The van der Waals surface area contributed by atoms with Gasteiger partial charge in [-0.25, -0.2) is 4.79 Å². The molecule has 0 aromatic heterocycles. The van der Waals surface area contributed by atoms with Gasteiger partial charge in [0.1, 0.15) is 18.8 Å². The molecule has 216 valence electrons. The summed E-state index contributed by atoms with van der Waals surface area (Å²) >= 11 is 0. The normalized spacial score (nSPS) is 22.5. The van der Waals surface area contributed by atoms with Crippen molar-refractivity contribution in [2.75, 3.05) is 26.3 Å². The van der Waals surface area contributed by atoms with E-state index in [2.05, 4.69) is 16.0 Å². The molecule has 0 radical (unpaired) electrons. The number of hydrogen-bond donors (Lipinski definition) is 4. The van der Waals surface area contributed by atoms with E-state index in [0.717, 1.165) is 13.8 Å². The lowest BCUT2D eigenvalue weighted by atomic mass is 9.96. The third-order valence-corrected chi connectivity index (χ3v) is 5.10. The lowest BCUT2D eigenvalue weighted by Gasteiger charge is -2.44. The molecule has 0 bridgehead atoms. The van der Waals surface area contributed by atoms with Gasteiger partial charge in [-0.3, -0.25) is 24.0 Å². The highest BCUT2D eigenvalue weighted by atomic mass is 16.7. The molecule has 0 unspecified atom stereocenters. The second kappa shape index (κ2) is 17.1. The summed E-state index contributed by atoms with van der Waals surface area (Å²) in [6, 6.07) is -1.06. The Morgan fingerprint density at radius 1 is 0.816 bits per heavy atom. The summed E-state index contributed by atoms with van der Waals surface area (Å²) in [5.74, 6) is -2.72. The second-order valence-electron chi connectivity index (χ2n) is 8.48. The Labute approximate surface area is 220 Å². The average Bonchev–Trinajstić information content (AvgIpc) is 2.79. The minimum absolute atomic E-state index is 0.0991. The lowest BCUT2D eigenvalue weighted by molar-refractivity contribution is -0.277. The van der Waals surface area contributed by atoms with E-state index in [-0.39, 0.29) is 32.1 Å². The van der Waals surface area contributed by atoms with Gasteiger partial charge >= 0.3 is 24.0 Å². The minimum Gasteiger partial charge on any atom is -0.465 e. The molecule has 38 heavy (non-hydrogen) atoms. The number of rotatable bonds is 15. The van der Waals surface area contributed by atoms with E-state index in [4.69, 9.17) is 28.8 Å². The molecule has 1 fully saturated rings. The molecule has 0 aromatic carbocycles. The van der Waals surface area contributed by atoms with Gasteiger partial charge in [0.2, 0.25) is 11.8 Å². The van der Waals surface area contributed by atoms with Crippen molar-refractivity contribution >= 4 is 35.8 Å². The predicted molar refractivity (Wildman–Crippen MR) is 127 cm³/mol. The van der Waals surface area contributed by atoms with Crippen LogP contribution in [0.15, 0.2) is 0 Å². The van der Waals surface area contributed by atoms with Crippen LogP contribution in [0.3, 0.4) is 0 Å². The van der Waals surface area contributed by atoms with E-state index in [1.54, 1.807) is 0 Å². The van der Waals surface area contributed by atoms with E-state index in [1.807, 2.05) is 0 Å². The van der Waals surface area contributed by atoms with Gasteiger partial charge in [-0.05, 0) is 19.3 Å². The first kappa shape index (κ1) is 32.6. The molecule has 0 aliphatic carbocycles. The highest BCUT2D eigenvalue weighted by molar-refractivity contribution is 5.75. The molecule has 4 N–H and O–H groups in total. The maximum Gasteiger partial charge on any atom is 0.404 e. The van der Waals surface area contributed by atoms with Gasteiger partial charge in [0.15, 0.2) is 18.5 Å². The molecule has 15 heteroatoms. The quantitative estimate of drug-likeness (QED) is 0.117. The first-order valence-corrected chi connectivity index (χ1v) is 12.2. The van der Waals surface area contributed by atoms with Crippen LogP contribution in [0.5, 0.6) is 0 Å². The number of carbonyl (C=O) groups is 6. The van der Waals surface area contributed by atoms with Crippen LogP contribution in [0.25, 0.3) is 0 Å². The molecule has 1 aliphatic heterocycles. The van der Waals surface area contributed by atoms with Gasteiger partial charge in [0.25, 0.3) is 0 Å². The van der Waals surface area contributed by atoms with Crippen molar-refractivity contribution in [2.45, 2.75) is 84.0 Å². The summed E-state index contributed by atoms with van der Waals surface area (Å²) < 4.78 is 27.4. The van der Waals surface area contributed by atoms with Crippen LogP contribution in [0.1, 0.15) is 53.4 Å². The van der Waals surface area contributed by atoms with Gasteiger partial charge in [-0.2, -0.15) is 0 Å². The Morgan fingerprint density at radius 2 is 1.45 bits per heavy atom. The number of unbranched alkanes of at least 4 members (excludes halogenated alkanes) is 1. The molecule has 0 spiro atoms. The molecule has 1 heterocycles. The topological polar surface area (TPSA) is 205 Å². The molecule has 1 saturated heterocycles. The van der Waals surface area contributed by atoms with Gasteiger partial charge in [0, 0.05) is 53.8 Å². The van der Waals surface area contributed by atoms with E-state index >= 15 is 0 Å². The van der Waals surface area contributed by atoms with Gasteiger partial charge < -0.3 is 44.7 Å². The van der Waals surface area contributed by atoms with Crippen LogP contribution in [0, 0.1) is 0 Å². The fraction of sp³-hybridized carbons (Fsp3) is 0.739. The van der Waals surface area contributed by atoms with Crippen molar-refractivity contribution in [2.24, 2.45) is 0 Å². The number of hydrogen-bond acceptors (Lipinski definition) is 11. The largest absolute Gasteiger partial charge is 0.465 e. The van der Waals surface area contributed by atoms with Gasteiger partial charge in [-0.15, -0.1) is 0 Å². The van der Waals surface area contributed by atoms with Crippen molar-refractivity contribution in [3.05, 3.63) is 0 Å². The van der Waals surface area contributed by atoms with Crippen LogP contribution < -0.4 is 16.0 Å². The van der Waals surface area contributed by atoms with Crippen LogP contribution in [-0.4, -0.2) is 97.9 Å². The number of ether oxygens (including phenoxy) is 5. The Bertz CT molecular complexity index is 836. The summed E-state index contributed by atoms with van der Waals surface area (Å²) in [7, 11) is 0. The van der Waals surface area contributed by atoms with E-state index in [0.29, 0.717) is 25.8 Å². The first-order chi connectivity index (χ1) is 17.9.